The Morgan fingerprint density at radius 3 is 2.62 bits per heavy atom. The number of imide groups is 1. The summed E-state index contributed by atoms with van der Waals surface area (Å²) in [4.78, 5) is 34.2. The summed E-state index contributed by atoms with van der Waals surface area (Å²) in [6.07, 6.45) is 5.41. The molecule has 0 atom stereocenters. The van der Waals surface area contributed by atoms with Gasteiger partial charge in [0.25, 0.3) is 11.8 Å². The lowest BCUT2D eigenvalue weighted by Crippen LogP contribution is -2.43. The van der Waals surface area contributed by atoms with Gasteiger partial charge in [0.05, 0.1) is 22.3 Å². The zero-order valence-electron chi connectivity index (χ0n) is 18.7. The van der Waals surface area contributed by atoms with Crippen LogP contribution in [0.2, 0.25) is 0 Å². The molecule has 1 aliphatic heterocycles. The number of rotatable bonds is 4. The van der Waals surface area contributed by atoms with Gasteiger partial charge < -0.3 is 14.3 Å². The highest BCUT2D eigenvalue weighted by atomic mass is 16.5. The second-order valence-electron chi connectivity index (χ2n) is 8.16. The fourth-order valence-electron chi connectivity index (χ4n) is 4.01. The Kier molecular flexibility index (Phi) is 6.25. The average molecular weight is 436 g/mol. The van der Waals surface area contributed by atoms with Gasteiger partial charge in [0, 0.05) is 37.7 Å². The predicted molar refractivity (Wildman–Crippen MR) is 122 cm³/mol. The summed E-state index contributed by atoms with van der Waals surface area (Å²) >= 11 is 0. The van der Waals surface area contributed by atoms with Gasteiger partial charge in [-0.3, -0.25) is 14.6 Å². The third-order valence-electron chi connectivity index (χ3n) is 6.10. The maximum atomic E-state index is 13.3. The van der Waals surface area contributed by atoms with Crippen molar-refractivity contribution in [1.29, 1.82) is 0 Å². The first kappa shape index (κ1) is 22.0. The molecule has 168 valence electrons. The molecule has 2 aromatic heterocycles. The van der Waals surface area contributed by atoms with Crippen molar-refractivity contribution in [3.63, 3.8) is 0 Å². The molecule has 0 aliphatic carbocycles. The summed E-state index contributed by atoms with van der Waals surface area (Å²) in [7, 11) is 0. The van der Waals surface area contributed by atoms with Crippen molar-refractivity contribution >= 4 is 22.7 Å². The number of carbonyl (C=O) groups is 2. The molecule has 0 spiro atoms. The molecule has 3 aromatic rings. The summed E-state index contributed by atoms with van der Waals surface area (Å²) in [5, 5.41) is 2.07. The molecule has 4 rings (SSSR count). The Bertz CT molecular complexity index is 1230. The maximum absolute atomic E-state index is 13.3. The number of benzene rings is 1. The zero-order valence-corrected chi connectivity index (χ0v) is 18.7. The van der Waals surface area contributed by atoms with Gasteiger partial charge in [0.1, 0.15) is 5.69 Å². The van der Waals surface area contributed by atoms with E-state index in [1.165, 1.54) is 0 Å². The molecule has 1 saturated heterocycles. The van der Waals surface area contributed by atoms with Crippen molar-refractivity contribution in [2.45, 2.75) is 46.2 Å². The van der Waals surface area contributed by atoms with Crippen molar-refractivity contribution in [3.8, 4) is 0 Å². The minimum atomic E-state index is -0.597. The number of amides is 2. The molecule has 0 unspecified atom stereocenters. The first-order chi connectivity index (χ1) is 15.4. The minimum absolute atomic E-state index is 0.133. The van der Waals surface area contributed by atoms with Gasteiger partial charge in [-0.05, 0) is 62.9 Å². The molecule has 32 heavy (non-hydrogen) atoms. The third kappa shape index (κ3) is 4.11. The molecule has 3 N–H and O–H groups in total. The van der Waals surface area contributed by atoms with E-state index in [-0.39, 0.29) is 11.7 Å². The van der Waals surface area contributed by atoms with Crippen LogP contribution in [0.3, 0.4) is 0 Å². The van der Waals surface area contributed by atoms with Crippen molar-refractivity contribution in [3.05, 3.63) is 64.4 Å². The molecule has 8 heteroatoms. The molecule has 0 saturated carbocycles. The monoisotopic (exact) mass is 435 g/mol. The highest BCUT2D eigenvalue weighted by molar-refractivity contribution is 6.13. The van der Waals surface area contributed by atoms with Crippen molar-refractivity contribution < 1.29 is 14.3 Å². The number of hydrogen-bond acceptors (Lipinski definition) is 5. The van der Waals surface area contributed by atoms with E-state index in [4.69, 9.17) is 15.6 Å². The first-order valence-corrected chi connectivity index (χ1v) is 10.9. The topological polar surface area (TPSA) is 106 Å². The van der Waals surface area contributed by atoms with E-state index < -0.39 is 11.8 Å². The van der Waals surface area contributed by atoms with Crippen LogP contribution in [0.25, 0.3) is 10.9 Å². The molecule has 8 nitrogen and oxygen atoms in total. The standard InChI is InChI=1S/C24H29N5O3/c1-4-28-10-7-19(27-18-8-11-32-12-9-18)21-20(28)14-26-22(21)24(31)29(25)23(30)17-6-5-15(2)16(3)13-17/h5-7,10,13-14,18,26H,4,8-9,11-12,25H2,1-3H3. The van der Waals surface area contributed by atoms with Crippen molar-refractivity contribution in [2.24, 2.45) is 10.8 Å². The predicted octanol–water partition coefficient (Wildman–Crippen LogP) is 2.84. The van der Waals surface area contributed by atoms with E-state index in [9.17, 15) is 9.59 Å². The zero-order chi connectivity index (χ0) is 22.8. The second kappa shape index (κ2) is 9.10. The van der Waals surface area contributed by atoms with Crippen LogP contribution >= 0.6 is 0 Å². The number of carbonyl (C=O) groups excluding carboxylic acids is 2. The van der Waals surface area contributed by atoms with E-state index in [2.05, 4.69) is 4.98 Å². The van der Waals surface area contributed by atoms with Crippen LogP contribution in [0.1, 0.15) is 51.7 Å². The number of nitrogens with two attached hydrogens (primary N) is 1. The number of aryl methyl sites for hydroxylation is 3. The van der Waals surface area contributed by atoms with E-state index in [1.54, 1.807) is 18.3 Å². The molecular formula is C24H29N5O3. The Morgan fingerprint density at radius 2 is 1.94 bits per heavy atom. The molecule has 2 amide bonds. The normalized spacial score (nSPS) is 15.3. The van der Waals surface area contributed by atoms with Crippen LogP contribution in [0.5, 0.6) is 0 Å². The average Bonchev–Trinajstić information content (AvgIpc) is 3.26. The summed E-state index contributed by atoms with van der Waals surface area (Å²) in [6, 6.07) is 7.32. The van der Waals surface area contributed by atoms with Crippen LogP contribution in [0, 0.1) is 13.8 Å². The molecule has 0 bridgehead atoms. The molecule has 1 aliphatic rings. The number of nitrogens with zero attached hydrogens (tertiary/aromatic N) is 3. The van der Waals surface area contributed by atoms with Gasteiger partial charge in [-0.1, -0.05) is 6.07 Å². The lowest BCUT2D eigenvalue weighted by atomic mass is 10.1. The molecule has 1 fully saturated rings. The smallest absolute Gasteiger partial charge is 0.292 e. The van der Waals surface area contributed by atoms with Crippen molar-refractivity contribution in [2.75, 3.05) is 13.2 Å². The fourth-order valence-corrected chi connectivity index (χ4v) is 4.01. The Labute approximate surface area is 186 Å². The lowest BCUT2D eigenvalue weighted by Gasteiger charge is -2.18. The highest BCUT2D eigenvalue weighted by Crippen LogP contribution is 2.19. The van der Waals surface area contributed by atoms with Gasteiger partial charge >= 0.3 is 0 Å². The van der Waals surface area contributed by atoms with Crippen LogP contribution in [-0.2, 0) is 11.3 Å². The quantitative estimate of drug-likeness (QED) is 0.284. The van der Waals surface area contributed by atoms with Crippen LogP contribution in [0.4, 0.5) is 0 Å². The molecule has 0 radical (unpaired) electrons. The second-order valence-corrected chi connectivity index (χ2v) is 8.16. The molecule has 1 aromatic carbocycles. The number of ether oxygens (including phenoxy) is 1. The lowest BCUT2D eigenvalue weighted by molar-refractivity contribution is 0.0613. The Hall–Kier alpha value is -3.23. The largest absolute Gasteiger partial charge is 0.381 e. The van der Waals surface area contributed by atoms with E-state index in [1.807, 2.05) is 43.7 Å². The van der Waals surface area contributed by atoms with Crippen LogP contribution in [0.15, 0.2) is 41.7 Å². The molecular weight excluding hydrogens is 406 g/mol. The number of hydrogen-bond donors (Lipinski definition) is 2. The number of H-pyrrole nitrogens is 1. The summed E-state index contributed by atoms with van der Waals surface area (Å²) in [5.74, 6) is 4.88. The van der Waals surface area contributed by atoms with E-state index in [0.717, 1.165) is 36.0 Å². The Morgan fingerprint density at radius 1 is 1.19 bits per heavy atom. The highest BCUT2D eigenvalue weighted by Gasteiger charge is 2.25. The van der Waals surface area contributed by atoms with Gasteiger partial charge in [-0.2, -0.15) is 0 Å². The summed E-state index contributed by atoms with van der Waals surface area (Å²) in [6.45, 7) is 8.00. The fraction of sp³-hybridized carbons (Fsp3) is 0.375. The van der Waals surface area contributed by atoms with Gasteiger partial charge in [-0.25, -0.2) is 10.9 Å². The summed E-state index contributed by atoms with van der Waals surface area (Å²) < 4.78 is 7.46. The number of nitrogens with one attached hydrogen (secondary N) is 1. The van der Waals surface area contributed by atoms with Crippen molar-refractivity contribution in [1.82, 2.24) is 14.6 Å². The van der Waals surface area contributed by atoms with E-state index >= 15 is 0 Å². The number of fused-ring (bicyclic) bond motifs is 1. The molecule has 3 heterocycles. The minimum Gasteiger partial charge on any atom is -0.381 e. The maximum Gasteiger partial charge on any atom is 0.292 e. The first-order valence-electron chi connectivity index (χ1n) is 10.9. The van der Waals surface area contributed by atoms with Crippen LogP contribution < -0.4 is 11.2 Å². The van der Waals surface area contributed by atoms with Gasteiger partial charge in [0.2, 0.25) is 0 Å². The number of hydrazine groups is 1. The number of aromatic nitrogens is 2. The van der Waals surface area contributed by atoms with Gasteiger partial charge in [-0.15, -0.1) is 0 Å². The van der Waals surface area contributed by atoms with Crippen LogP contribution in [-0.4, -0.2) is 45.6 Å². The third-order valence-corrected chi connectivity index (χ3v) is 6.10. The number of pyridine rings is 1. The van der Waals surface area contributed by atoms with E-state index in [0.29, 0.717) is 34.5 Å². The number of aromatic amines is 1. The SMILES string of the molecule is CCn1ccc(=NC2CCOCC2)c2c(C(=O)N(N)C(=O)c3ccc(C)c(C)c3)[nH]cc21. The summed E-state index contributed by atoms with van der Waals surface area (Å²) in [5.41, 5.74) is 3.50. The van der Waals surface area contributed by atoms with Gasteiger partial charge in [0.15, 0.2) is 0 Å². The Balaban J connectivity index is 1.76.